The van der Waals surface area contributed by atoms with Gasteiger partial charge in [-0.15, -0.1) is 0 Å². The fourth-order valence-electron chi connectivity index (χ4n) is 3.20. The zero-order chi connectivity index (χ0) is 22.5. The van der Waals surface area contributed by atoms with E-state index in [-0.39, 0.29) is 36.4 Å². The average molecular weight is 425 g/mol. The van der Waals surface area contributed by atoms with Gasteiger partial charge in [-0.2, -0.15) is 5.10 Å². The van der Waals surface area contributed by atoms with Gasteiger partial charge in [0.15, 0.2) is 0 Å². The minimum Gasteiger partial charge on any atom is -0.350 e. The standard InChI is InChI=1S/C22H24FN5O3/c1-14(19-12-27(3)26-15(19)2)25-22(31)17-6-9-21(30)28(11-17)13-20(29)24-10-16-4-7-18(23)8-5-16/h4-9,11-12,14H,10,13H2,1-3H3,(H,24,29)(H,25,31). The Morgan fingerprint density at radius 1 is 1.13 bits per heavy atom. The van der Waals surface area contributed by atoms with Crippen molar-refractivity contribution in [3.8, 4) is 0 Å². The number of amides is 2. The molecular formula is C22H24FN5O3. The van der Waals surface area contributed by atoms with E-state index in [1.165, 1.54) is 35.0 Å². The molecule has 2 amide bonds. The van der Waals surface area contributed by atoms with Crippen LogP contribution in [-0.2, 0) is 24.9 Å². The fourth-order valence-corrected chi connectivity index (χ4v) is 3.20. The summed E-state index contributed by atoms with van der Waals surface area (Å²) in [4.78, 5) is 37.0. The second kappa shape index (κ2) is 9.38. The summed E-state index contributed by atoms with van der Waals surface area (Å²) in [5, 5.41) is 9.82. The molecule has 162 valence electrons. The number of halogens is 1. The third-order valence-corrected chi connectivity index (χ3v) is 4.83. The van der Waals surface area contributed by atoms with Crippen LogP contribution in [0, 0.1) is 12.7 Å². The number of benzene rings is 1. The van der Waals surface area contributed by atoms with Crippen molar-refractivity contribution in [1.82, 2.24) is 25.0 Å². The van der Waals surface area contributed by atoms with E-state index >= 15 is 0 Å². The molecule has 0 aliphatic rings. The zero-order valence-corrected chi connectivity index (χ0v) is 17.6. The summed E-state index contributed by atoms with van der Waals surface area (Å²) in [6.45, 7) is 3.68. The van der Waals surface area contributed by atoms with Gasteiger partial charge in [0.2, 0.25) is 5.91 Å². The molecule has 1 atom stereocenters. The fraction of sp³-hybridized carbons (Fsp3) is 0.273. The van der Waals surface area contributed by atoms with Crippen molar-refractivity contribution < 1.29 is 14.0 Å². The Bertz CT molecular complexity index is 1150. The van der Waals surface area contributed by atoms with Crippen LogP contribution in [0.3, 0.4) is 0 Å². The molecule has 0 saturated heterocycles. The molecule has 2 N–H and O–H groups in total. The van der Waals surface area contributed by atoms with Gasteiger partial charge in [-0.05, 0) is 37.6 Å². The van der Waals surface area contributed by atoms with Crippen LogP contribution in [0.5, 0.6) is 0 Å². The number of aromatic nitrogens is 3. The van der Waals surface area contributed by atoms with Crippen molar-refractivity contribution in [3.05, 3.63) is 87.3 Å². The van der Waals surface area contributed by atoms with Gasteiger partial charge < -0.3 is 15.2 Å². The van der Waals surface area contributed by atoms with Gasteiger partial charge in [-0.25, -0.2) is 4.39 Å². The van der Waals surface area contributed by atoms with Crippen LogP contribution in [0.4, 0.5) is 4.39 Å². The van der Waals surface area contributed by atoms with E-state index in [0.29, 0.717) is 0 Å². The van der Waals surface area contributed by atoms with E-state index in [1.807, 2.05) is 27.1 Å². The molecule has 0 saturated carbocycles. The first-order chi connectivity index (χ1) is 14.7. The first-order valence-corrected chi connectivity index (χ1v) is 9.75. The average Bonchev–Trinajstić information content (AvgIpc) is 3.07. The van der Waals surface area contributed by atoms with Gasteiger partial charge in [-0.1, -0.05) is 12.1 Å². The molecule has 0 bridgehead atoms. The topological polar surface area (TPSA) is 98.0 Å². The van der Waals surface area contributed by atoms with Crippen LogP contribution in [-0.4, -0.2) is 26.2 Å². The molecule has 8 nitrogen and oxygen atoms in total. The number of hydrogen-bond donors (Lipinski definition) is 2. The van der Waals surface area contributed by atoms with Gasteiger partial charge in [0.25, 0.3) is 11.5 Å². The Labute approximate surface area is 178 Å². The SMILES string of the molecule is Cc1nn(C)cc1C(C)NC(=O)c1ccc(=O)n(CC(=O)NCc2ccc(F)cc2)c1. The molecule has 0 spiro atoms. The Hall–Kier alpha value is -3.75. The summed E-state index contributed by atoms with van der Waals surface area (Å²) < 4.78 is 15.8. The highest BCUT2D eigenvalue weighted by Gasteiger charge is 2.16. The van der Waals surface area contributed by atoms with E-state index in [4.69, 9.17) is 0 Å². The van der Waals surface area contributed by atoms with Crippen LogP contribution >= 0.6 is 0 Å². The summed E-state index contributed by atoms with van der Waals surface area (Å²) in [5.74, 6) is -1.12. The summed E-state index contributed by atoms with van der Waals surface area (Å²) in [6, 6.07) is 8.15. The van der Waals surface area contributed by atoms with Crippen molar-refractivity contribution >= 4 is 11.8 Å². The van der Waals surface area contributed by atoms with E-state index in [2.05, 4.69) is 15.7 Å². The van der Waals surface area contributed by atoms with E-state index in [9.17, 15) is 18.8 Å². The van der Waals surface area contributed by atoms with Gasteiger partial charge >= 0.3 is 0 Å². The number of rotatable bonds is 7. The third-order valence-electron chi connectivity index (χ3n) is 4.83. The van der Waals surface area contributed by atoms with Gasteiger partial charge in [-0.3, -0.25) is 19.1 Å². The molecule has 31 heavy (non-hydrogen) atoms. The number of carbonyl (C=O) groups excluding carboxylic acids is 2. The lowest BCUT2D eigenvalue weighted by molar-refractivity contribution is -0.121. The predicted octanol–water partition coefficient (Wildman–Crippen LogP) is 1.84. The Balaban J connectivity index is 1.64. The molecule has 3 rings (SSSR count). The first-order valence-electron chi connectivity index (χ1n) is 9.75. The minimum atomic E-state index is -0.400. The highest BCUT2D eigenvalue weighted by molar-refractivity contribution is 5.94. The van der Waals surface area contributed by atoms with E-state index in [0.717, 1.165) is 16.8 Å². The van der Waals surface area contributed by atoms with Crippen molar-refractivity contribution in [1.29, 1.82) is 0 Å². The second-order valence-corrected chi connectivity index (χ2v) is 7.33. The number of nitrogens with zero attached hydrogens (tertiary/aromatic N) is 3. The monoisotopic (exact) mass is 425 g/mol. The highest BCUT2D eigenvalue weighted by atomic mass is 19.1. The number of hydrogen-bond acceptors (Lipinski definition) is 4. The molecule has 1 aromatic carbocycles. The van der Waals surface area contributed by atoms with Crippen LogP contribution < -0.4 is 16.2 Å². The summed E-state index contributed by atoms with van der Waals surface area (Å²) in [6.07, 6.45) is 3.20. The normalized spacial score (nSPS) is 11.7. The minimum absolute atomic E-state index is 0.204. The number of carbonyl (C=O) groups is 2. The van der Waals surface area contributed by atoms with E-state index < -0.39 is 11.5 Å². The molecule has 0 fully saturated rings. The van der Waals surface area contributed by atoms with Crippen molar-refractivity contribution in [3.63, 3.8) is 0 Å². The lowest BCUT2D eigenvalue weighted by atomic mass is 10.1. The molecule has 2 heterocycles. The van der Waals surface area contributed by atoms with Gasteiger partial charge in [0.05, 0.1) is 17.3 Å². The van der Waals surface area contributed by atoms with Gasteiger partial charge in [0, 0.05) is 37.6 Å². The van der Waals surface area contributed by atoms with Crippen molar-refractivity contribution in [2.45, 2.75) is 33.0 Å². The van der Waals surface area contributed by atoms with Crippen LogP contribution in [0.15, 0.2) is 53.6 Å². The Morgan fingerprint density at radius 3 is 2.48 bits per heavy atom. The maximum absolute atomic E-state index is 13.0. The van der Waals surface area contributed by atoms with Crippen LogP contribution in [0.1, 0.15) is 40.1 Å². The molecular weight excluding hydrogens is 401 g/mol. The summed E-state index contributed by atoms with van der Waals surface area (Å²) in [5.41, 5.74) is 2.31. The van der Waals surface area contributed by atoms with Crippen molar-refractivity contribution in [2.75, 3.05) is 0 Å². The van der Waals surface area contributed by atoms with Gasteiger partial charge in [0.1, 0.15) is 12.4 Å². The Kier molecular flexibility index (Phi) is 6.64. The smallest absolute Gasteiger partial charge is 0.253 e. The second-order valence-electron chi connectivity index (χ2n) is 7.33. The lowest BCUT2D eigenvalue weighted by Crippen LogP contribution is -2.33. The molecule has 0 radical (unpaired) electrons. The van der Waals surface area contributed by atoms with Crippen LogP contribution in [0.25, 0.3) is 0 Å². The molecule has 3 aromatic rings. The third kappa shape index (κ3) is 5.65. The molecule has 0 aliphatic carbocycles. The van der Waals surface area contributed by atoms with Crippen molar-refractivity contribution in [2.24, 2.45) is 7.05 Å². The van der Waals surface area contributed by atoms with E-state index in [1.54, 1.807) is 16.8 Å². The molecule has 2 aromatic heterocycles. The number of nitrogens with one attached hydrogen (secondary N) is 2. The first kappa shape index (κ1) is 21.9. The quantitative estimate of drug-likeness (QED) is 0.604. The Morgan fingerprint density at radius 2 is 1.84 bits per heavy atom. The molecule has 9 heteroatoms. The molecule has 1 unspecified atom stereocenters. The molecule has 0 aliphatic heterocycles. The largest absolute Gasteiger partial charge is 0.350 e. The summed E-state index contributed by atoms with van der Waals surface area (Å²) >= 11 is 0. The number of aryl methyl sites for hydroxylation is 2. The number of pyridine rings is 1. The maximum atomic E-state index is 13.0. The maximum Gasteiger partial charge on any atom is 0.253 e. The lowest BCUT2D eigenvalue weighted by Gasteiger charge is -2.14. The zero-order valence-electron chi connectivity index (χ0n) is 17.6. The predicted molar refractivity (Wildman–Crippen MR) is 113 cm³/mol. The highest BCUT2D eigenvalue weighted by Crippen LogP contribution is 2.16. The summed E-state index contributed by atoms with van der Waals surface area (Å²) in [7, 11) is 1.81. The van der Waals surface area contributed by atoms with Crippen LogP contribution in [0.2, 0.25) is 0 Å².